The Labute approximate surface area is 172 Å². The fraction of sp³-hybridized carbons (Fsp3) is 0.524. The number of hydrogen-bond acceptors (Lipinski definition) is 6. The van der Waals surface area contributed by atoms with Gasteiger partial charge in [-0.1, -0.05) is 0 Å². The molecule has 8 nitrogen and oxygen atoms in total. The van der Waals surface area contributed by atoms with E-state index in [9.17, 15) is 0 Å². The third-order valence-corrected chi connectivity index (χ3v) is 5.24. The monoisotopic (exact) mass is 401 g/mol. The number of guanidine groups is 1. The quantitative estimate of drug-likeness (QED) is 0.587. The molecule has 1 aliphatic rings. The Kier molecular flexibility index (Phi) is 6.98. The topological polar surface area (TPSA) is 75.4 Å². The molecule has 0 aliphatic carbocycles. The Balaban J connectivity index is 1.54. The van der Waals surface area contributed by atoms with Gasteiger partial charge in [-0.3, -0.25) is 9.89 Å². The molecule has 0 radical (unpaired) electrons. The molecular formula is C21H31N5O3. The van der Waals surface area contributed by atoms with Crippen LogP contribution in [-0.2, 0) is 13.1 Å². The number of hydrogen-bond donors (Lipinski definition) is 1. The van der Waals surface area contributed by atoms with Gasteiger partial charge in [0.05, 0.1) is 26.5 Å². The number of nitrogens with one attached hydrogen (secondary N) is 1. The predicted molar refractivity (Wildman–Crippen MR) is 113 cm³/mol. The largest absolute Gasteiger partial charge is 0.497 e. The van der Waals surface area contributed by atoms with Crippen LogP contribution in [0.4, 0.5) is 0 Å². The van der Waals surface area contributed by atoms with Gasteiger partial charge in [0.1, 0.15) is 17.3 Å². The predicted octanol–water partition coefficient (Wildman–Crippen LogP) is 2.20. The van der Waals surface area contributed by atoms with Gasteiger partial charge in [-0.05, 0) is 32.0 Å². The Morgan fingerprint density at radius 2 is 1.93 bits per heavy atom. The van der Waals surface area contributed by atoms with Crippen LogP contribution in [-0.4, -0.2) is 68.2 Å². The molecule has 29 heavy (non-hydrogen) atoms. The first-order valence-corrected chi connectivity index (χ1v) is 9.85. The van der Waals surface area contributed by atoms with Crippen molar-refractivity contribution in [2.45, 2.75) is 26.9 Å². The highest BCUT2D eigenvalue weighted by Crippen LogP contribution is 2.25. The molecule has 2 heterocycles. The summed E-state index contributed by atoms with van der Waals surface area (Å²) in [5.74, 6) is 4.16. The molecule has 1 N–H and O–H groups in total. The van der Waals surface area contributed by atoms with Gasteiger partial charge in [-0.15, -0.1) is 0 Å². The lowest BCUT2D eigenvalue weighted by Crippen LogP contribution is -2.52. The number of rotatable bonds is 6. The van der Waals surface area contributed by atoms with E-state index in [-0.39, 0.29) is 0 Å². The molecule has 0 atom stereocenters. The summed E-state index contributed by atoms with van der Waals surface area (Å²) in [4.78, 5) is 13.5. The van der Waals surface area contributed by atoms with Crippen molar-refractivity contribution in [1.29, 1.82) is 0 Å². The summed E-state index contributed by atoms with van der Waals surface area (Å²) in [6.07, 6.45) is 0. The van der Waals surface area contributed by atoms with Crippen molar-refractivity contribution in [3.8, 4) is 11.5 Å². The number of methoxy groups -OCH3 is 2. The molecule has 0 bridgehead atoms. The van der Waals surface area contributed by atoms with Gasteiger partial charge in [0.25, 0.3) is 0 Å². The number of piperazine rings is 1. The van der Waals surface area contributed by atoms with Crippen molar-refractivity contribution in [3.05, 3.63) is 41.1 Å². The second-order valence-corrected chi connectivity index (χ2v) is 7.09. The molecule has 158 valence electrons. The number of aromatic nitrogens is 1. The Bertz CT molecular complexity index is 821. The molecule has 1 fully saturated rings. The summed E-state index contributed by atoms with van der Waals surface area (Å²) in [6, 6.07) is 5.93. The summed E-state index contributed by atoms with van der Waals surface area (Å²) in [5, 5.41) is 3.36. The lowest BCUT2D eigenvalue weighted by molar-refractivity contribution is 0.170. The van der Waals surface area contributed by atoms with Crippen molar-refractivity contribution in [1.82, 2.24) is 20.1 Å². The maximum Gasteiger partial charge on any atom is 0.214 e. The summed E-state index contributed by atoms with van der Waals surface area (Å²) >= 11 is 0. The molecule has 0 amide bonds. The van der Waals surface area contributed by atoms with Crippen LogP contribution >= 0.6 is 0 Å². The number of ether oxygens (including phenoxy) is 2. The number of oxazole rings is 1. The van der Waals surface area contributed by atoms with E-state index in [2.05, 4.69) is 25.1 Å². The van der Waals surface area contributed by atoms with E-state index >= 15 is 0 Å². The molecule has 0 unspecified atom stereocenters. The molecule has 1 aromatic heterocycles. The average molecular weight is 402 g/mol. The minimum atomic E-state index is 0.530. The first kappa shape index (κ1) is 21.0. The van der Waals surface area contributed by atoms with Crippen LogP contribution in [0.1, 0.15) is 22.9 Å². The van der Waals surface area contributed by atoms with Gasteiger partial charge in [-0.2, -0.15) is 0 Å². The highest BCUT2D eigenvalue weighted by molar-refractivity contribution is 5.79. The standard InChI is InChI=1S/C21H31N5O3/c1-15-16(2)29-20(24-15)13-23-21(22-3)26-10-8-25(9-11-26)14-17-12-18(27-4)6-7-19(17)28-5/h6-7,12H,8-11,13-14H2,1-5H3,(H,22,23). The number of aryl methyl sites for hydroxylation is 2. The third kappa shape index (κ3) is 5.20. The molecule has 3 rings (SSSR count). The van der Waals surface area contributed by atoms with Crippen LogP contribution < -0.4 is 14.8 Å². The third-order valence-electron chi connectivity index (χ3n) is 5.24. The molecule has 1 aromatic carbocycles. The van der Waals surface area contributed by atoms with Gasteiger partial charge >= 0.3 is 0 Å². The maximum absolute atomic E-state index is 5.64. The lowest BCUT2D eigenvalue weighted by Gasteiger charge is -2.36. The van der Waals surface area contributed by atoms with E-state index in [4.69, 9.17) is 13.9 Å². The Hall–Kier alpha value is -2.74. The molecule has 1 saturated heterocycles. The van der Waals surface area contributed by atoms with E-state index < -0.39 is 0 Å². The zero-order chi connectivity index (χ0) is 20.8. The molecule has 1 aliphatic heterocycles. The fourth-order valence-electron chi connectivity index (χ4n) is 3.47. The zero-order valence-corrected chi connectivity index (χ0v) is 18.0. The molecule has 8 heteroatoms. The van der Waals surface area contributed by atoms with Crippen molar-refractivity contribution >= 4 is 5.96 Å². The second kappa shape index (κ2) is 9.65. The van der Waals surface area contributed by atoms with E-state index in [1.54, 1.807) is 14.2 Å². The van der Waals surface area contributed by atoms with Crippen molar-refractivity contribution < 1.29 is 13.9 Å². The highest BCUT2D eigenvalue weighted by atomic mass is 16.5. The smallest absolute Gasteiger partial charge is 0.214 e. The van der Waals surface area contributed by atoms with E-state index in [1.807, 2.05) is 39.1 Å². The minimum Gasteiger partial charge on any atom is -0.497 e. The first-order chi connectivity index (χ1) is 14.0. The van der Waals surface area contributed by atoms with E-state index in [0.29, 0.717) is 12.4 Å². The second-order valence-electron chi connectivity index (χ2n) is 7.09. The lowest BCUT2D eigenvalue weighted by atomic mass is 10.1. The summed E-state index contributed by atoms with van der Waals surface area (Å²) in [6.45, 7) is 8.92. The van der Waals surface area contributed by atoms with Crippen molar-refractivity contribution in [2.24, 2.45) is 4.99 Å². The normalized spacial score (nSPS) is 15.5. The number of aliphatic imine (C=N–C) groups is 1. The maximum atomic E-state index is 5.64. The van der Waals surface area contributed by atoms with Gasteiger partial charge in [-0.25, -0.2) is 4.98 Å². The van der Waals surface area contributed by atoms with Gasteiger partial charge in [0, 0.05) is 45.3 Å². The Morgan fingerprint density at radius 3 is 2.52 bits per heavy atom. The minimum absolute atomic E-state index is 0.530. The van der Waals surface area contributed by atoms with Crippen LogP contribution in [0, 0.1) is 13.8 Å². The van der Waals surface area contributed by atoms with Gasteiger partial charge < -0.3 is 24.1 Å². The van der Waals surface area contributed by atoms with E-state index in [0.717, 1.165) is 67.2 Å². The summed E-state index contributed by atoms with van der Waals surface area (Å²) < 4.78 is 16.5. The molecule has 0 spiro atoms. The Morgan fingerprint density at radius 1 is 1.17 bits per heavy atom. The average Bonchev–Trinajstić information content (AvgIpc) is 3.06. The van der Waals surface area contributed by atoms with Crippen LogP contribution in [0.5, 0.6) is 11.5 Å². The van der Waals surface area contributed by atoms with Crippen LogP contribution in [0.15, 0.2) is 27.6 Å². The van der Waals surface area contributed by atoms with Crippen molar-refractivity contribution in [2.75, 3.05) is 47.4 Å². The summed E-state index contributed by atoms with van der Waals surface area (Å²) in [7, 11) is 5.20. The SMILES string of the molecule is CN=C(NCc1nc(C)c(C)o1)N1CCN(Cc2cc(OC)ccc2OC)CC1. The van der Waals surface area contributed by atoms with Crippen LogP contribution in [0.25, 0.3) is 0 Å². The summed E-state index contributed by atoms with van der Waals surface area (Å²) in [5.41, 5.74) is 2.07. The first-order valence-electron chi connectivity index (χ1n) is 9.85. The van der Waals surface area contributed by atoms with Gasteiger partial charge in [0.2, 0.25) is 5.89 Å². The van der Waals surface area contributed by atoms with Crippen molar-refractivity contribution in [3.63, 3.8) is 0 Å². The molecular weight excluding hydrogens is 370 g/mol. The van der Waals surface area contributed by atoms with Crippen LogP contribution in [0.2, 0.25) is 0 Å². The zero-order valence-electron chi connectivity index (χ0n) is 18.0. The molecule has 2 aromatic rings. The van der Waals surface area contributed by atoms with Gasteiger partial charge in [0.15, 0.2) is 5.96 Å². The van der Waals surface area contributed by atoms with E-state index in [1.165, 1.54) is 0 Å². The molecule has 0 saturated carbocycles. The number of nitrogens with zero attached hydrogens (tertiary/aromatic N) is 4. The van der Waals surface area contributed by atoms with Crippen LogP contribution in [0.3, 0.4) is 0 Å². The number of benzene rings is 1. The highest BCUT2D eigenvalue weighted by Gasteiger charge is 2.21. The fourth-order valence-corrected chi connectivity index (χ4v) is 3.47.